The van der Waals surface area contributed by atoms with Crippen molar-refractivity contribution in [2.75, 3.05) is 70.9 Å². The second-order valence-electron chi connectivity index (χ2n) is 8.22. The Balaban J connectivity index is 0.00000341. The number of para-hydroxylation sites is 1. The number of anilines is 1. The number of carbonyl (C=O) groups is 1. The Morgan fingerprint density at radius 3 is 2.32 bits per heavy atom. The zero-order valence-electron chi connectivity index (χ0n) is 19.3. The van der Waals surface area contributed by atoms with Crippen molar-refractivity contribution in [2.45, 2.75) is 32.7 Å². The highest BCUT2D eigenvalue weighted by molar-refractivity contribution is 14.0. The van der Waals surface area contributed by atoms with Crippen molar-refractivity contribution < 1.29 is 4.79 Å². The molecular weight excluding hydrogens is 503 g/mol. The molecule has 1 aromatic carbocycles. The largest absolute Gasteiger partial charge is 0.373 e. The molecule has 0 aliphatic carbocycles. The van der Waals surface area contributed by atoms with Gasteiger partial charge in [0.1, 0.15) is 0 Å². The van der Waals surface area contributed by atoms with E-state index < -0.39 is 0 Å². The second kappa shape index (κ2) is 13.1. The average Bonchev–Trinajstić information content (AvgIpc) is 3.33. The predicted octanol–water partition coefficient (Wildman–Crippen LogP) is 2.33. The molecule has 8 heteroatoms. The Labute approximate surface area is 204 Å². The van der Waals surface area contributed by atoms with Gasteiger partial charge in [0.25, 0.3) is 0 Å². The minimum atomic E-state index is -0.0238. The Bertz CT molecular complexity index is 687. The van der Waals surface area contributed by atoms with Crippen LogP contribution >= 0.6 is 24.0 Å². The molecule has 2 saturated heterocycles. The molecule has 1 unspecified atom stereocenters. The molecule has 2 fully saturated rings. The fraction of sp³-hybridized carbons (Fsp3) is 0.652. The number of nitrogens with one attached hydrogen (secondary N) is 1. The van der Waals surface area contributed by atoms with Gasteiger partial charge in [-0.25, -0.2) is 0 Å². The number of guanidine groups is 1. The Morgan fingerprint density at radius 2 is 1.71 bits per heavy atom. The molecule has 1 N–H and O–H groups in total. The van der Waals surface area contributed by atoms with Gasteiger partial charge in [-0.1, -0.05) is 18.2 Å². The molecule has 1 amide bonds. The molecular formula is C23H39IN6O. The van der Waals surface area contributed by atoms with Gasteiger partial charge in [-0.15, -0.1) is 24.0 Å². The van der Waals surface area contributed by atoms with Gasteiger partial charge in [0.2, 0.25) is 5.91 Å². The van der Waals surface area contributed by atoms with E-state index in [2.05, 4.69) is 65.2 Å². The number of nitrogens with zero attached hydrogens (tertiary/aromatic N) is 5. The number of aliphatic imine (C=N–C) groups is 1. The van der Waals surface area contributed by atoms with Crippen molar-refractivity contribution in [2.24, 2.45) is 4.99 Å². The summed E-state index contributed by atoms with van der Waals surface area (Å²) in [7, 11) is 2.11. The summed E-state index contributed by atoms with van der Waals surface area (Å²) >= 11 is 0. The molecule has 31 heavy (non-hydrogen) atoms. The first kappa shape index (κ1) is 25.7. The number of amides is 1. The minimum absolute atomic E-state index is 0. The van der Waals surface area contributed by atoms with Crippen molar-refractivity contribution in [1.82, 2.24) is 20.0 Å². The van der Waals surface area contributed by atoms with Gasteiger partial charge in [0.05, 0.1) is 12.6 Å². The van der Waals surface area contributed by atoms with Crippen molar-refractivity contribution in [3.05, 3.63) is 30.3 Å². The third-order valence-electron chi connectivity index (χ3n) is 6.17. The number of hydrogen-bond donors (Lipinski definition) is 1. The highest BCUT2D eigenvalue weighted by Gasteiger charge is 2.30. The highest BCUT2D eigenvalue weighted by atomic mass is 127. The summed E-state index contributed by atoms with van der Waals surface area (Å²) < 4.78 is 0. The molecule has 1 atom stereocenters. The van der Waals surface area contributed by atoms with Crippen molar-refractivity contribution in [1.29, 1.82) is 0 Å². The lowest BCUT2D eigenvalue weighted by Crippen LogP contribution is -2.57. The monoisotopic (exact) mass is 542 g/mol. The second-order valence-corrected chi connectivity index (χ2v) is 8.22. The third kappa shape index (κ3) is 7.24. The average molecular weight is 543 g/mol. The van der Waals surface area contributed by atoms with E-state index in [1.165, 1.54) is 5.69 Å². The summed E-state index contributed by atoms with van der Waals surface area (Å²) in [6.45, 7) is 12.1. The van der Waals surface area contributed by atoms with Gasteiger partial charge in [-0.3, -0.25) is 14.7 Å². The first-order chi connectivity index (χ1) is 14.6. The van der Waals surface area contributed by atoms with Gasteiger partial charge < -0.3 is 20.0 Å². The van der Waals surface area contributed by atoms with Crippen LogP contribution in [0.25, 0.3) is 0 Å². The molecule has 174 valence electrons. The zero-order valence-corrected chi connectivity index (χ0v) is 21.6. The molecule has 0 spiro atoms. The third-order valence-corrected chi connectivity index (χ3v) is 6.17. The van der Waals surface area contributed by atoms with E-state index in [1.54, 1.807) is 0 Å². The van der Waals surface area contributed by atoms with Crippen LogP contribution in [0.15, 0.2) is 35.3 Å². The number of likely N-dealkylation sites (tertiary alicyclic amines) is 1. The Hall–Kier alpha value is -1.55. The lowest BCUT2D eigenvalue weighted by Gasteiger charge is -2.39. The summed E-state index contributed by atoms with van der Waals surface area (Å²) in [5.74, 6) is 1.28. The fourth-order valence-corrected chi connectivity index (χ4v) is 4.22. The molecule has 2 aliphatic heterocycles. The van der Waals surface area contributed by atoms with E-state index in [0.717, 1.165) is 77.7 Å². The maximum Gasteiger partial charge on any atom is 0.239 e. The van der Waals surface area contributed by atoms with Crippen LogP contribution in [0.1, 0.15) is 26.7 Å². The van der Waals surface area contributed by atoms with Gasteiger partial charge in [0.15, 0.2) is 5.96 Å². The minimum Gasteiger partial charge on any atom is -0.373 e. The molecule has 2 aliphatic rings. The molecule has 3 rings (SSSR count). The van der Waals surface area contributed by atoms with Crippen LogP contribution < -0.4 is 10.2 Å². The van der Waals surface area contributed by atoms with Gasteiger partial charge in [-0.05, 0) is 38.8 Å². The fourth-order valence-electron chi connectivity index (χ4n) is 4.22. The lowest BCUT2D eigenvalue weighted by atomic mass is 10.2. The summed E-state index contributed by atoms with van der Waals surface area (Å²) in [5, 5.41) is 3.44. The number of piperazine rings is 1. The molecule has 2 heterocycles. The van der Waals surface area contributed by atoms with Crippen LogP contribution in [0.3, 0.4) is 0 Å². The van der Waals surface area contributed by atoms with Crippen LogP contribution in [0.4, 0.5) is 5.69 Å². The van der Waals surface area contributed by atoms with Crippen molar-refractivity contribution in [3.63, 3.8) is 0 Å². The molecule has 0 bridgehead atoms. The van der Waals surface area contributed by atoms with E-state index in [-0.39, 0.29) is 30.0 Å². The van der Waals surface area contributed by atoms with Crippen LogP contribution in [-0.2, 0) is 4.79 Å². The van der Waals surface area contributed by atoms with E-state index >= 15 is 0 Å². The molecule has 0 radical (unpaired) electrons. The normalized spacial score (nSPS) is 18.5. The van der Waals surface area contributed by atoms with Crippen molar-refractivity contribution in [3.8, 4) is 0 Å². The smallest absolute Gasteiger partial charge is 0.239 e. The molecule has 7 nitrogen and oxygen atoms in total. The Kier molecular flexibility index (Phi) is 10.9. The Morgan fingerprint density at radius 1 is 1.06 bits per heavy atom. The number of benzene rings is 1. The maximum absolute atomic E-state index is 12.7. The van der Waals surface area contributed by atoms with E-state index in [9.17, 15) is 4.79 Å². The summed E-state index contributed by atoms with van der Waals surface area (Å²) in [6.07, 6.45) is 2.29. The SMILES string of the molecule is CCNC(=NCCN(C)c1ccccc1)N1CCN(C(C)C(=O)N2CCCC2)CC1.I. The number of hydrogen-bond acceptors (Lipinski definition) is 4. The lowest BCUT2D eigenvalue weighted by molar-refractivity contribution is -0.135. The zero-order chi connectivity index (χ0) is 21.3. The molecule has 1 aromatic rings. The van der Waals surface area contributed by atoms with E-state index in [1.807, 2.05) is 11.0 Å². The molecule has 0 saturated carbocycles. The number of rotatable bonds is 7. The van der Waals surface area contributed by atoms with Crippen LogP contribution in [0.5, 0.6) is 0 Å². The van der Waals surface area contributed by atoms with E-state index in [4.69, 9.17) is 4.99 Å². The summed E-state index contributed by atoms with van der Waals surface area (Å²) in [5.41, 5.74) is 1.21. The first-order valence-corrected chi connectivity index (χ1v) is 11.4. The van der Waals surface area contributed by atoms with Gasteiger partial charge in [0, 0.05) is 65.1 Å². The van der Waals surface area contributed by atoms with Gasteiger partial charge in [-0.2, -0.15) is 0 Å². The quantitative estimate of drug-likeness (QED) is 0.326. The molecule has 0 aromatic heterocycles. The van der Waals surface area contributed by atoms with Gasteiger partial charge >= 0.3 is 0 Å². The topological polar surface area (TPSA) is 54.4 Å². The number of carbonyl (C=O) groups excluding carboxylic acids is 1. The standard InChI is InChI=1S/C23H38N6O.HI/c1-4-24-23(25-12-15-26(3)21-10-6-5-7-11-21)29-18-16-27(17-19-29)20(2)22(30)28-13-8-9-14-28;/h5-7,10-11,20H,4,8-9,12-19H2,1-3H3,(H,24,25);1H. The maximum atomic E-state index is 12.7. The van der Waals surface area contributed by atoms with Crippen molar-refractivity contribution >= 4 is 41.5 Å². The van der Waals surface area contributed by atoms with Crippen LogP contribution in [0, 0.1) is 0 Å². The highest BCUT2D eigenvalue weighted by Crippen LogP contribution is 2.14. The predicted molar refractivity (Wildman–Crippen MR) is 140 cm³/mol. The van der Waals surface area contributed by atoms with E-state index in [0.29, 0.717) is 5.91 Å². The van der Waals surface area contributed by atoms with Crippen LogP contribution in [-0.4, -0.2) is 98.6 Å². The summed E-state index contributed by atoms with van der Waals surface area (Å²) in [6, 6.07) is 10.4. The number of halogens is 1. The summed E-state index contributed by atoms with van der Waals surface area (Å²) in [4.78, 5) is 26.5. The van der Waals surface area contributed by atoms with Crippen LogP contribution in [0.2, 0.25) is 0 Å². The number of likely N-dealkylation sites (N-methyl/N-ethyl adjacent to an activating group) is 1. The first-order valence-electron chi connectivity index (χ1n) is 11.4.